The van der Waals surface area contributed by atoms with Gasteiger partial charge in [-0.15, -0.1) is 10.2 Å². The number of aromatic nitrogens is 5. The Morgan fingerprint density at radius 1 is 1.14 bits per heavy atom. The summed E-state index contributed by atoms with van der Waals surface area (Å²) in [6.07, 6.45) is 0. The van der Waals surface area contributed by atoms with E-state index in [9.17, 15) is 0 Å². The normalized spacial score (nSPS) is 11.8. The maximum absolute atomic E-state index is 5.58. The first kappa shape index (κ1) is 15.7. The van der Waals surface area contributed by atoms with Gasteiger partial charge in [0.2, 0.25) is 0 Å². The van der Waals surface area contributed by atoms with E-state index < -0.39 is 0 Å². The first-order chi connectivity index (χ1) is 9.74. The van der Waals surface area contributed by atoms with Crippen LogP contribution >= 0.6 is 11.8 Å². The lowest BCUT2D eigenvalue weighted by molar-refractivity contribution is 0.538. The molecule has 0 amide bonds. The highest BCUT2D eigenvalue weighted by Crippen LogP contribution is 2.32. The zero-order valence-electron chi connectivity index (χ0n) is 13.2. The number of hydrogen-bond donors (Lipinski definition) is 2. The lowest BCUT2D eigenvalue weighted by Gasteiger charge is -2.19. The van der Waals surface area contributed by atoms with Gasteiger partial charge in [0.15, 0.2) is 5.16 Å². The van der Waals surface area contributed by atoms with Crippen LogP contribution in [0.15, 0.2) is 10.2 Å². The molecule has 0 fully saturated rings. The van der Waals surface area contributed by atoms with Crippen LogP contribution in [-0.4, -0.2) is 24.7 Å². The number of aryl methyl sites for hydroxylation is 1. The van der Waals surface area contributed by atoms with Crippen LogP contribution in [0.4, 0.5) is 5.82 Å². The molecular weight excluding hydrogens is 286 g/mol. The van der Waals surface area contributed by atoms with Crippen molar-refractivity contribution in [2.45, 2.75) is 50.2 Å². The molecule has 0 aliphatic rings. The Labute approximate surface area is 128 Å². The Morgan fingerprint density at radius 2 is 1.81 bits per heavy atom. The molecule has 114 valence electrons. The van der Waals surface area contributed by atoms with Gasteiger partial charge in [0.05, 0.1) is 0 Å². The standard InChI is InChI=1S/C13H21N7S/c1-7-9(17-14)15-11(13(3,4)5)16-10(7)21-12-19-18-8(2)20(12)6/h14H2,1-6H3,(H,15,16,17). The summed E-state index contributed by atoms with van der Waals surface area (Å²) in [5.74, 6) is 7.81. The second-order valence-corrected chi connectivity index (χ2v) is 6.87. The summed E-state index contributed by atoms with van der Waals surface area (Å²) in [5.41, 5.74) is 3.38. The van der Waals surface area contributed by atoms with Gasteiger partial charge < -0.3 is 9.99 Å². The van der Waals surface area contributed by atoms with Crippen LogP contribution in [0.5, 0.6) is 0 Å². The van der Waals surface area contributed by atoms with Crippen molar-refractivity contribution in [2.75, 3.05) is 5.43 Å². The van der Waals surface area contributed by atoms with Gasteiger partial charge in [0.1, 0.15) is 22.5 Å². The summed E-state index contributed by atoms with van der Waals surface area (Å²) in [6, 6.07) is 0. The second-order valence-electron chi connectivity index (χ2n) is 5.91. The fourth-order valence-corrected chi connectivity index (χ4v) is 2.54. The number of hydrazine groups is 1. The fraction of sp³-hybridized carbons (Fsp3) is 0.538. The van der Waals surface area contributed by atoms with Gasteiger partial charge in [-0.2, -0.15) is 0 Å². The van der Waals surface area contributed by atoms with E-state index in [1.807, 2.05) is 25.5 Å². The maximum Gasteiger partial charge on any atom is 0.197 e. The van der Waals surface area contributed by atoms with E-state index in [1.165, 1.54) is 11.8 Å². The first-order valence-electron chi connectivity index (χ1n) is 6.63. The smallest absolute Gasteiger partial charge is 0.197 e. The van der Waals surface area contributed by atoms with E-state index in [0.29, 0.717) is 5.82 Å². The molecule has 7 nitrogen and oxygen atoms in total. The molecule has 2 rings (SSSR count). The Bertz CT molecular complexity index is 657. The highest BCUT2D eigenvalue weighted by Gasteiger charge is 2.22. The summed E-state index contributed by atoms with van der Waals surface area (Å²) in [4.78, 5) is 9.16. The van der Waals surface area contributed by atoms with Crippen LogP contribution in [0, 0.1) is 13.8 Å². The average Bonchev–Trinajstić information content (AvgIpc) is 2.71. The molecule has 8 heteroatoms. The molecule has 0 spiro atoms. The third kappa shape index (κ3) is 3.16. The van der Waals surface area contributed by atoms with Crippen molar-refractivity contribution in [3.63, 3.8) is 0 Å². The Balaban J connectivity index is 2.49. The Kier molecular flexibility index (Phi) is 4.20. The van der Waals surface area contributed by atoms with Crippen LogP contribution in [0.25, 0.3) is 0 Å². The zero-order chi connectivity index (χ0) is 15.8. The molecule has 0 radical (unpaired) electrons. The molecule has 2 aromatic heterocycles. The quantitative estimate of drug-likeness (QED) is 0.508. The summed E-state index contributed by atoms with van der Waals surface area (Å²) < 4.78 is 1.93. The van der Waals surface area contributed by atoms with Gasteiger partial charge in [-0.1, -0.05) is 20.8 Å². The molecule has 0 saturated heterocycles. The van der Waals surface area contributed by atoms with Crippen molar-refractivity contribution in [1.82, 2.24) is 24.7 Å². The third-order valence-corrected chi connectivity index (χ3v) is 4.28. The van der Waals surface area contributed by atoms with E-state index in [0.717, 1.165) is 27.4 Å². The van der Waals surface area contributed by atoms with Crippen LogP contribution in [0.2, 0.25) is 0 Å². The molecule has 0 bridgehead atoms. The predicted octanol–water partition coefficient (Wildman–Crippen LogP) is 1.96. The minimum absolute atomic E-state index is 0.162. The van der Waals surface area contributed by atoms with Crippen LogP contribution in [0.1, 0.15) is 38.0 Å². The van der Waals surface area contributed by atoms with Crippen LogP contribution in [0.3, 0.4) is 0 Å². The average molecular weight is 307 g/mol. The molecule has 2 heterocycles. The van der Waals surface area contributed by atoms with Crippen molar-refractivity contribution in [2.24, 2.45) is 12.9 Å². The molecule has 0 saturated carbocycles. The van der Waals surface area contributed by atoms with Crippen molar-refractivity contribution in [3.05, 3.63) is 17.2 Å². The molecule has 0 aromatic carbocycles. The summed E-state index contributed by atoms with van der Waals surface area (Å²) >= 11 is 1.46. The van der Waals surface area contributed by atoms with Gasteiger partial charge >= 0.3 is 0 Å². The second kappa shape index (κ2) is 5.61. The third-order valence-electron chi connectivity index (χ3n) is 3.15. The summed E-state index contributed by atoms with van der Waals surface area (Å²) in [7, 11) is 1.93. The monoisotopic (exact) mass is 307 g/mol. The van der Waals surface area contributed by atoms with E-state index in [1.54, 1.807) is 0 Å². The van der Waals surface area contributed by atoms with E-state index in [4.69, 9.17) is 5.84 Å². The van der Waals surface area contributed by atoms with Crippen molar-refractivity contribution >= 4 is 17.6 Å². The highest BCUT2D eigenvalue weighted by atomic mass is 32.2. The number of anilines is 1. The van der Waals surface area contributed by atoms with Gasteiger partial charge in [-0.25, -0.2) is 15.8 Å². The predicted molar refractivity (Wildman–Crippen MR) is 83.1 cm³/mol. The number of nitrogens with zero attached hydrogens (tertiary/aromatic N) is 5. The number of nitrogens with one attached hydrogen (secondary N) is 1. The van der Waals surface area contributed by atoms with Crippen molar-refractivity contribution < 1.29 is 0 Å². The molecule has 2 aromatic rings. The van der Waals surface area contributed by atoms with Gasteiger partial charge in [-0.05, 0) is 25.6 Å². The van der Waals surface area contributed by atoms with Crippen molar-refractivity contribution in [1.29, 1.82) is 0 Å². The van der Waals surface area contributed by atoms with Crippen molar-refractivity contribution in [3.8, 4) is 0 Å². The number of hydrogen-bond acceptors (Lipinski definition) is 7. The van der Waals surface area contributed by atoms with E-state index >= 15 is 0 Å². The van der Waals surface area contributed by atoms with Gasteiger partial charge in [-0.3, -0.25) is 0 Å². The molecule has 0 aliphatic heterocycles. The molecule has 21 heavy (non-hydrogen) atoms. The van der Waals surface area contributed by atoms with E-state index in [2.05, 4.69) is 46.4 Å². The zero-order valence-corrected chi connectivity index (χ0v) is 14.0. The van der Waals surface area contributed by atoms with E-state index in [-0.39, 0.29) is 5.41 Å². The summed E-state index contributed by atoms with van der Waals surface area (Å²) in [6.45, 7) is 10.1. The fourth-order valence-electron chi connectivity index (χ4n) is 1.63. The number of nitrogen functional groups attached to an aromatic ring is 1. The molecule has 0 atom stereocenters. The van der Waals surface area contributed by atoms with Gasteiger partial charge in [0.25, 0.3) is 0 Å². The number of nitrogens with two attached hydrogens (primary N) is 1. The first-order valence-corrected chi connectivity index (χ1v) is 7.45. The Morgan fingerprint density at radius 3 is 2.29 bits per heavy atom. The number of rotatable bonds is 3. The lowest BCUT2D eigenvalue weighted by Crippen LogP contribution is -2.20. The largest absolute Gasteiger partial charge is 0.309 e. The molecule has 0 unspecified atom stereocenters. The molecule has 3 N–H and O–H groups in total. The summed E-state index contributed by atoms with van der Waals surface area (Å²) in [5, 5.41) is 9.85. The SMILES string of the molecule is Cc1c(NN)nc(C(C)(C)C)nc1Sc1nnc(C)n1C. The highest BCUT2D eigenvalue weighted by molar-refractivity contribution is 7.99. The maximum atomic E-state index is 5.58. The Hall–Kier alpha value is -1.67. The lowest BCUT2D eigenvalue weighted by atomic mass is 9.95. The minimum atomic E-state index is -0.162. The van der Waals surface area contributed by atoms with Crippen LogP contribution < -0.4 is 11.3 Å². The molecule has 0 aliphatic carbocycles. The topological polar surface area (TPSA) is 94.5 Å². The minimum Gasteiger partial charge on any atom is -0.309 e. The van der Waals surface area contributed by atoms with Crippen LogP contribution in [-0.2, 0) is 12.5 Å². The van der Waals surface area contributed by atoms with Gasteiger partial charge in [0, 0.05) is 18.0 Å². The molecular formula is C13H21N7S.